The Balaban J connectivity index is 2.53. The van der Waals surface area contributed by atoms with Crippen LogP contribution in [0.3, 0.4) is 0 Å². The molecule has 0 aliphatic carbocycles. The minimum absolute atomic E-state index is 0.187. The molecule has 0 saturated heterocycles. The molecule has 9 nitrogen and oxygen atoms in total. The van der Waals surface area contributed by atoms with Crippen molar-refractivity contribution in [2.45, 2.75) is 4.90 Å². The number of nitrogens with zero attached hydrogens (tertiary/aromatic N) is 2. The molecule has 0 aliphatic heterocycles. The first kappa shape index (κ1) is 16.4. The van der Waals surface area contributed by atoms with Gasteiger partial charge in [-0.05, 0) is 18.2 Å². The minimum atomic E-state index is -3.64. The van der Waals surface area contributed by atoms with Gasteiger partial charge in [-0.2, -0.15) is 0 Å². The van der Waals surface area contributed by atoms with Gasteiger partial charge in [0, 0.05) is 18.4 Å². The lowest BCUT2D eigenvalue weighted by Gasteiger charge is -2.07. The van der Waals surface area contributed by atoms with Crippen LogP contribution in [-0.4, -0.2) is 24.5 Å². The molecule has 10 heteroatoms. The molecule has 0 aliphatic rings. The highest BCUT2D eigenvalue weighted by Gasteiger charge is 2.23. The number of sulfone groups is 1. The smallest absolute Gasteiger partial charge is 0.312 e. The van der Waals surface area contributed by atoms with Gasteiger partial charge in [0.05, 0.1) is 14.7 Å². The summed E-state index contributed by atoms with van der Waals surface area (Å²) in [6.07, 6.45) is 0.911. The van der Waals surface area contributed by atoms with Gasteiger partial charge in [0.15, 0.2) is 9.84 Å². The molecule has 0 unspecified atom stereocenters. The van der Waals surface area contributed by atoms with Crippen LogP contribution in [-0.2, 0) is 9.84 Å². The highest BCUT2D eigenvalue weighted by molar-refractivity contribution is 7.90. The molecule has 0 aromatic heterocycles. The Kier molecular flexibility index (Phi) is 4.27. The van der Waals surface area contributed by atoms with Crippen LogP contribution in [0.5, 0.6) is 11.5 Å². The van der Waals surface area contributed by atoms with Gasteiger partial charge in [0.25, 0.3) is 0 Å². The van der Waals surface area contributed by atoms with Gasteiger partial charge in [0.2, 0.25) is 11.5 Å². The van der Waals surface area contributed by atoms with Crippen molar-refractivity contribution in [3.63, 3.8) is 0 Å². The lowest BCUT2D eigenvalue weighted by molar-refractivity contribution is -0.387. The average Bonchev–Trinajstić information content (AvgIpc) is 2.46. The number of nitro benzene ring substituents is 2. The fourth-order valence-corrected chi connectivity index (χ4v) is 2.41. The molecule has 0 radical (unpaired) electrons. The first-order chi connectivity index (χ1) is 10.7. The first-order valence-electron chi connectivity index (χ1n) is 6.10. The summed E-state index contributed by atoms with van der Waals surface area (Å²) < 4.78 is 28.2. The van der Waals surface area contributed by atoms with E-state index in [0.717, 1.165) is 24.5 Å². The van der Waals surface area contributed by atoms with Gasteiger partial charge in [0.1, 0.15) is 0 Å². The Labute approximate surface area is 130 Å². The Hall–Kier alpha value is -3.01. The summed E-state index contributed by atoms with van der Waals surface area (Å²) in [5.74, 6) is -0.482. The predicted molar refractivity (Wildman–Crippen MR) is 79.4 cm³/mol. The fraction of sp³-hybridized carbons (Fsp3) is 0.0769. The number of benzene rings is 2. The Morgan fingerprint density at radius 2 is 1.48 bits per heavy atom. The van der Waals surface area contributed by atoms with Crippen LogP contribution >= 0.6 is 0 Å². The highest BCUT2D eigenvalue weighted by atomic mass is 32.2. The molecule has 2 rings (SSSR count). The third-order valence-electron chi connectivity index (χ3n) is 2.84. The minimum Gasteiger partial charge on any atom is -0.443 e. The van der Waals surface area contributed by atoms with E-state index in [1.54, 1.807) is 0 Å². The van der Waals surface area contributed by atoms with Gasteiger partial charge in [-0.25, -0.2) is 8.42 Å². The van der Waals surface area contributed by atoms with Gasteiger partial charge in [-0.1, -0.05) is 12.1 Å². The Morgan fingerprint density at radius 1 is 0.913 bits per heavy atom. The van der Waals surface area contributed by atoms with E-state index < -0.39 is 25.4 Å². The molecule has 0 spiro atoms. The van der Waals surface area contributed by atoms with E-state index in [9.17, 15) is 28.6 Å². The molecule has 2 aromatic rings. The summed E-state index contributed by atoms with van der Waals surface area (Å²) in [6, 6.07) is 8.43. The van der Waals surface area contributed by atoms with Crippen LogP contribution in [0, 0.1) is 20.2 Å². The van der Waals surface area contributed by atoms with E-state index in [0.29, 0.717) is 0 Å². The second kappa shape index (κ2) is 6.01. The van der Waals surface area contributed by atoms with E-state index >= 15 is 0 Å². The summed E-state index contributed by atoms with van der Waals surface area (Å²) in [6.45, 7) is 0. The largest absolute Gasteiger partial charge is 0.443 e. The number of para-hydroxylation sites is 2. The van der Waals surface area contributed by atoms with Crippen LogP contribution in [0.25, 0.3) is 0 Å². The Bertz CT molecular complexity index is 893. The Morgan fingerprint density at radius 3 is 2.04 bits per heavy atom. The molecule has 0 bridgehead atoms. The van der Waals surface area contributed by atoms with Crippen LogP contribution in [0.1, 0.15) is 0 Å². The molecule has 2 aromatic carbocycles. The van der Waals surface area contributed by atoms with Crippen molar-refractivity contribution in [1.82, 2.24) is 0 Å². The monoisotopic (exact) mass is 338 g/mol. The topological polar surface area (TPSA) is 130 Å². The molecule has 0 heterocycles. The van der Waals surface area contributed by atoms with Gasteiger partial charge in [-0.15, -0.1) is 0 Å². The van der Waals surface area contributed by atoms with Crippen molar-refractivity contribution >= 4 is 21.2 Å². The average molecular weight is 338 g/mol. The van der Waals surface area contributed by atoms with Crippen molar-refractivity contribution in [2.75, 3.05) is 6.26 Å². The summed E-state index contributed by atoms with van der Waals surface area (Å²) >= 11 is 0. The molecular weight excluding hydrogens is 328 g/mol. The maximum absolute atomic E-state index is 11.5. The lowest BCUT2D eigenvalue weighted by atomic mass is 10.2. The van der Waals surface area contributed by atoms with Crippen LogP contribution in [0.4, 0.5) is 11.4 Å². The zero-order valence-electron chi connectivity index (χ0n) is 11.7. The quantitative estimate of drug-likeness (QED) is 0.605. The molecular formula is C13H10N2O7S. The second-order valence-corrected chi connectivity index (χ2v) is 6.50. The molecule has 0 N–H and O–H groups in total. The SMILES string of the molecule is CS(=O)(=O)c1ccc(Oc2ccccc2[N+](=O)[O-])c([N+](=O)[O-])c1. The summed E-state index contributed by atoms with van der Waals surface area (Å²) in [7, 11) is -3.64. The molecule has 0 saturated carbocycles. The van der Waals surface area contributed by atoms with E-state index in [1.165, 1.54) is 24.3 Å². The van der Waals surface area contributed by atoms with E-state index in [4.69, 9.17) is 4.74 Å². The van der Waals surface area contributed by atoms with E-state index in [1.807, 2.05) is 0 Å². The van der Waals surface area contributed by atoms with Crippen LogP contribution < -0.4 is 4.74 Å². The fourth-order valence-electron chi connectivity index (χ4n) is 1.77. The normalized spacial score (nSPS) is 11.0. The summed E-state index contributed by atoms with van der Waals surface area (Å²) in [4.78, 5) is 20.3. The maximum Gasteiger partial charge on any atom is 0.312 e. The number of nitro groups is 2. The zero-order valence-corrected chi connectivity index (χ0v) is 12.5. The number of ether oxygens (including phenoxy) is 1. The molecule has 23 heavy (non-hydrogen) atoms. The number of hydrogen-bond acceptors (Lipinski definition) is 7. The van der Waals surface area contributed by atoms with Crippen LogP contribution in [0.2, 0.25) is 0 Å². The zero-order chi connectivity index (χ0) is 17.2. The molecule has 0 amide bonds. The standard InChI is InChI=1S/C13H10N2O7S/c1-23(20,21)9-6-7-13(11(8-9)15(18)19)22-12-5-3-2-4-10(12)14(16)17/h2-8H,1H3. The van der Waals surface area contributed by atoms with E-state index in [-0.39, 0.29) is 22.1 Å². The third kappa shape index (κ3) is 3.61. The number of hydrogen-bond donors (Lipinski definition) is 0. The molecule has 120 valence electrons. The second-order valence-electron chi connectivity index (χ2n) is 4.49. The molecule has 0 atom stereocenters. The maximum atomic E-state index is 11.5. The summed E-state index contributed by atoms with van der Waals surface area (Å²) in [5.41, 5.74) is -0.972. The van der Waals surface area contributed by atoms with Crippen molar-refractivity contribution in [1.29, 1.82) is 0 Å². The van der Waals surface area contributed by atoms with Gasteiger partial charge >= 0.3 is 11.4 Å². The molecule has 0 fully saturated rings. The third-order valence-corrected chi connectivity index (χ3v) is 3.95. The van der Waals surface area contributed by atoms with Gasteiger partial charge < -0.3 is 4.74 Å². The van der Waals surface area contributed by atoms with Crippen LogP contribution in [0.15, 0.2) is 47.4 Å². The first-order valence-corrected chi connectivity index (χ1v) is 7.99. The predicted octanol–water partition coefficient (Wildman–Crippen LogP) is 2.70. The van der Waals surface area contributed by atoms with Crippen molar-refractivity contribution in [2.24, 2.45) is 0 Å². The highest BCUT2D eigenvalue weighted by Crippen LogP contribution is 2.36. The summed E-state index contributed by atoms with van der Waals surface area (Å²) in [5, 5.41) is 22.0. The van der Waals surface area contributed by atoms with Gasteiger partial charge in [-0.3, -0.25) is 20.2 Å². The van der Waals surface area contributed by atoms with E-state index in [2.05, 4.69) is 0 Å². The van der Waals surface area contributed by atoms with Crippen molar-refractivity contribution in [3.8, 4) is 11.5 Å². The number of rotatable bonds is 5. The lowest BCUT2D eigenvalue weighted by Crippen LogP contribution is -2.01. The van der Waals surface area contributed by atoms with Crippen molar-refractivity contribution < 1.29 is 23.0 Å². The van der Waals surface area contributed by atoms with Crippen molar-refractivity contribution in [3.05, 3.63) is 62.7 Å².